The molecule has 1 atom stereocenters. The Morgan fingerprint density at radius 3 is 2.78 bits per heavy atom. The molecule has 5 heteroatoms. The van der Waals surface area contributed by atoms with Crippen LogP contribution in [0, 0.1) is 6.92 Å². The maximum absolute atomic E-state index is 9.50. The molecule has 2 aromatic heterocycles. The number of aliphatic hydroxyl groups excluding tert-OH is 1. The van der Waals surface area contributed by atoms with E-state index in [4.69, 9.17) is 0 Å². The van der Waals surface area contributed by atoms with E-state index in [0.29, 0.717) is 5.82 Å². The molecular formula is C13H14N4O. The maximum Gasteiger partial charge on any atom is 0.135 e. The van der Waals surface area contributed by atoms with E-state index in [1.54, 1.807) is 6.92 Å². The van der Waals surface area contributed by atoms with Crippen LogP contribution >= 0.6 is 0 Å². The Morgan fingerprint density at radius 1 is 1.28 bits per heavy atom. The average molecular weight is 242 g/mol. The van der Waals surface area contributed by atoms with Gasteiger partial charge in [0.25, 0.3) is 0 Å². The van der Waals surface area contributed by atoms with Gasteiger partial charge in [-0.15, -0.1) is 0 Å². The third-order valence-electron chi connectivity index (χ3n) is 2.90. The van der Waals surface area contributed by atoms with Gasteiger partial charge in [-0.05, 0) is 32.0 Å². The third-order valence-corrected chi connectivity index (χ3v) is 2.90. The van der Waals surface area contributed by atoms with Gasteiger partial charge in [0.1, 0.15) is 11.9 Å². The zero-order valence-electron chi connectivity index (χ0n) is 10.2. The number of hydrogen-bond donors (Lipinski definition) is 3. The lowest BCUT2D eigenvalue weighted by Gasteiger charge is -1.96. The Morgan fingerprint density at radius 2 is 2.11 bits per heavy atom. The monoisotopic (exact) mass is 242 g/mol. The van der Waals surface area contributed by atoms with Crippen molar-refractivity contribution in [1.29, 1.82) is 0 Å². The maximum atomic E-state index is 9.50. The summed E-state index contributed by atoms with van der Waals surface area (Å²) in [5, 5.41) is 16.7. The van der Waals surface area contributed by atoms with Crippen LogP contribution in [0.5, 0.6) is 0 Å². The molecule has 92 valence electrons. The van der Waals surface area contributed by atoms with E-state index in [2.05, 4.69) is 20.2 Å². The summed E-state index contributed by atoms with van der Waals surface area (Å²) in [7, 11) is 0. The molecule has 0 aliphatic rings. The second-order valence-electron chi connectivity index (χ2n) is 4.47. The van der Waals surface area contributed by atoms with Crippen LogP contribution in [0.3, 0.4) is 0 Å². The van der Waals surface area contributed by atoms with E-state index in [0.717, 1.165) is 28.0 Å². The highest BCUT2D eigenvalue weighted by Crippen LogP contribution is 2.23. The molecule has 0 fully saturated rings. The first-order chi connectivity index (χ1) is 8.63. The molecule has 0 radical (unpaired) electrons. The van der Waals surface area contributed by atoms with Crippen LogP contribution in [-0.4, -0.2) is 25.3 Å². The first-order valence-electron chi connectivity index (χ1n) is 5.83. The van der Waals surface area contributed by atoms with Gasteiger partial charge >= 0.3 is 0 Å². The topological polar surface area (TPSA) is 77.6 Å². The Hall–Kier alpha value is -2.14. The second kappa shape index (κ2) is 3.96. The number of aliphatic hydroxyl groups is 1. The van der Waals surface area contributed by atoms with Crippen molar-refractivity contribution in [3.05, 3.63) is 35.8 Å². The quantitative estimate of drug-likeness (QED) is 0.645. The van der Waals surface area contributed by atoms with Crippen LogP contribution < -0.4 is 0 Å². The highest BCUT2D eigenvalue weighted by Gasteiger charge is 2.09. The van der Waals surface area contributed by atoms with Crippen molar-refractivity contribution in [3.8, 4) is 11.3 Å². The van der Waals surface area contributed by atoms with Crippen molar-refractivity contribution < 1.29 is 5.11 Å². The number of H-pyrrole nitrogens is 2. The van der Waals surface area contributed by atoms with Crippen LogP contribution in [0.15, 0.2) is 24.3 Å². The third kappa shape index (κ3) is 1.78. The van der Waals surface area contributed by atoms with E-state index in [1.807, 2.05) is 31.2 Å². The van der Waals surface area contributed by atoms with Gasteiger partial charge in [-0.3, -0.25) is 5.10 Å². The van der Waals surface area contributed by atoms with Crippen molar-refractivity contribution in [2.45, 2.75) is 20.0 Å². The van der Waals surface area contributed by atoms with Gasteiger partial charge in [-0.2, -0.15) is 5.10 Å². The summed E-state index contributed by atoms with van der Waals surface area (Å²) < 4.78 is 0. The van der Waals surface area contributed by atoms with Crippen LogP contribution in [0.25, 0.3) is 22.3 Å². The molecule has 0 saturated heterocycles. The molecule has 18 heavy (non-hydrogen) atoms. The number of hydrogen-bond acceptors (Lipinski definition) is 3. The van der Waals surface area contributed by atoms with E-state index < -0.39 is 6.10 Å². The molecule has 0 aliphatic carbocycles. The standard InChI is InChI=1S/C13H14N4O/c1-7-5-11(17-16-7)9-3-4-10-12(6-9)15-13(14-10)8(2)18/h3-6,8,18H,1-2H3,(H,14,15)(H,16,17). The Kier molecular flexibility index (Phi) is 2.41. The minimum absolute atomic E-state index is 0.584. The zero-order valence-corrected chi connectivity index (χ0v) is 10.2. The summed E-state index contributed by atoms with van der Waals surface area (Å²) >= 11 is 0. The number of nitrogens with zero attached hydrogens (tertiary/aromatic N) is 2. The highest BCUT2D eigenvalue weighted by molar-refractivity contribution is 5.81. The van der Waals surface area contributed by atoms with Crippen molar-refractivity contribution >= 4 is 11.0 Å². The molecule has 5 nitrogen and oxygen atoms in total. The summed E-state index contributed by atoms with van der Waals surface area (Å²) in [6.45, 7) is 3.66. The number of benzene rings is 1. The predicted molar refractivity (Wildman–Crippen MR) is 69.0 cm³/mol. The summed E-state index contributed by atoms with van der Waals surface area (Å²) in [6, 6.07) is 7.89. The molecule has 0 aliphatic heterocycles. The van der Waals surface area contributed by atoms with Crippen LogP contribution in [-0.2, 0) is 0 Å². The summed E-state index contributed by atoms with van der Waals surface area (Å²) in [5.41, 5.74) is 4.71. The number of aromatic nitrogens is 4. The molecule has 3 aromatic rings. The number of rotatable bonds is 2. The van der Waals surface area contributed by atoms with Crippen LogP contribution in [0.4, 0.5) is 0 Å². The van der Waals surface area contributed by atoms with E-state index >= 15 is 0 Å². The fourth-order valence-electron chi connectivity index (χ4n) is 1.95. The van der Waals surface area contributed by atoms with Crippen molar-refractivity contribution in [2.75, 3.05) is 0 Å². The highest BCUT2D eigenvalue weighted by atomic mass is 16.3. The molecule has 1 unspecified atom stereocenters. The SMILES string of the molecule is Cc1cc(-c2ccc3nc(C(C)O)[nH]c3c2)n[nH]1. The number of aryl methyl sites for hydroxylation is 1. The van der Waals surface area contributed by atoms with Gasteiger partial charge in [0, 0.05) is 11.3 Å². The number of aromatic amines is 2. The largest absolute Gasteiger partial charge is 0.385 e. The summed E-state index contributed by atoms with van der Waals surface area (Å²) in [6.07, 6.45) is -0.589. The first-order valence-corrected chi connectivity index (χ1v) is 5.83. The normalized spacial score (nSPS) is 13.1. The fraction of sp³-hybridized carbons (Fsp3) is 0.231. The Bertz CT molecular complexity index is 696. The van der Waals surface area contributed by atoms with Gasteiger partial charge in [0.05, 0.1) is 16.7 Å². The van der Waals surface area contributed by atoms with Gasteiger partial charge in [0.2, 0.25) is 0 Å². The van der Waals surface area contributed by atoms with Gasteiger partial charge in [-0.25, -0.2) is 4.98 Å². The molecule has 0 amide bonds. The van der Waals surface area contributed by atoms with Crippen LogP contribution in [0.2, 0.25) is 0 Å². The fourth-order valence-corrected chi connectivity index (χ4v) is 1.95. The van der Waals surface area contributed by atoms with E-state index in [-0.39, 0.29) is 0 Å². The minimum Gasteiger partial charge on any atom is -0.385 e. The predicted octanol–water partition coefficient (Wildman–Crippen LogP) is 2.31. The number of nitrogens with one attached hydrogen (secondary N) is 2. The van der Waals surface area contributed by atoms with Gasteiger partial charge < -0.3 is 10.1 Å². The Balaban J connectivity index is 2.10. The first kappa shape index (κ1) is 11.0. The molecule has 0 spiro atoms. The van der Waals surface area contributed by atoms with E-state index in [1.165, 1.54) is 0 Å². The molecule has 0 bridgehead atoms. The van der Waals surface area contributed by atoms with Crippen molar-refractivity contribution in [2.24, 2.45) is 0 Å². The van der Waals surface area contributed by atoms with E-state index in [9.17, 15) is 5.11 Å². The molecule has 1 aromatic carbocycles. The van der Waals surface area contributed by atoms with Gasteiger partial charge in [0.15, 0.2) is 0 Å². The van der Waals surface area contributed by atoms with Gasteiger partial charge in [-0.1, -0.05) is 6.07 Å². The summed E-state index contributed by atoms with van der Waals surface area (Å²) in [5.74, 6) is 0.584. The average Bonchev–Trinajstić information content (AvgIpc) is 2.93. The Labute approximate surface area is 104 Å². The van der Waals surface area contributed by atoms with Crippen molar-refractivity contribution in [1.82, 2.24) is 20.2 Å². The molecule has 3 N–H and O–H groups in total. The molecular weight excluding hydrogens is 228 g/mol. The molecule has 2 heterocycles. The lowest BCUT2D eigenvalue weighted by molar-refractivity contribution is 0.190. The van der Waals surface area contributed by atoms with Crippen molar-refractivity contribution in [3.63, 3.8) is 0 Å². The summed E-state index contributed by atoms with van der Waals surface area (Å²) in [4.78, 5) is 7.43. The molecule has 0 saturated carbocycles. The lowest BCUT2D eigenvalue weighted by atomic mass is 10.1. The van der Waals surface area contributed by atoms with Crippen LogP contribution in [0.1, 0.15) is 24.5 Å². The minimum atomic E-state index is -0.589. The number of fused-ring (bicyclic) bond motifs is 1. The lowest BCUT2D eigenvalue weighted by Crippen LogP contribution is -1.92. The number of imidazole rings is 1. The molecule has 3 rings (SSSR count). The second-order valence-corrected chi connectivity index (χ2v) is 4.47. The zero-order chi connectivity index (χ0) is 12.7. The smallest absolute Gasteiger partial charge is 0.135 e.